The normalized spacial score (nSPS) is 10.6. The van der Waals surface area contributed by atoms with Gasteiger partial charge in [0.15, 0.2) is 0 Å². The van der Waals surface area contributed by atoms with Crippen LogP contribution in [0.25, 0.3) is 0 Å². The van der Waals surface area contributed by atoms with Crippen molar-refractivity contribution >= 4 is 35.7 Å². The molecule has 0 saturated carbocycles. The van der Waals surface area contributed by atoms with Gasteiger partial charge in [-0.1, -0.05) is 17.7 Å². The summed E-state index contributed by atoms with van der Waals surface area (Å²) in [4.78, 5) is 6.91. The second-order valence-corrected chi connectivity index (χ2v) is 6.04. The van der Waals surface area contributed by atoms with Gasteiger partial charge in [-0.15, -0.1) is 23.1 Å². The van der Waals surface area contributed by atoms with E-state index in [-0.39, 0.29) is 0 Å². The predicted molar refractivity (Wildman–Crippen MR) is 75.5 cm³/mol. The highest BCUT2D eigenvalue weighted by atomic mass is 32.2. The Kier molecular flexibility index (Phi) is 4.32. The van der Waals surface area contributed by atoms with Crippen LogP contribution in [0.5, 0.6) is 0 Å². The van der Waals surface area contributed by atoms with Gasteiger partial charge in [-0.05, 0) is 19.1 Å². The zero-order chi connectivity index (χ0) is 11.4. The predicted octanol–water partition coefficient (Wildman–Crippen LogP) is 4.17. The van der Waals surface area contributed by atoms with Crippen molar-refractivity contribution in [3.63, 3.8) is 0 Å². The van der Waals surface area contributed by atoms with Crippen molar-refractivity contribution < 1.29 is 0 Å². The fraction of sp³-hybridized carbons (Fsp3) is 0.250. The van der Waals surface area contributed by atoms with Crippen molar-refractivity contribution in [1.82, 2.24) is 4.98 Å². The van der Waals surface area contributed by atoms with Crippen LogP contribution in [0.4, 0.5) is 0 Å². The highest BCUT2D eigenvalue weighted by Crippen LogP contribution is 2.25. The Labute approximate surface area is 110 Å². The van der Waals surface area contributed by atoms with Crippen LogP contribution < -0.4 is 0 Å². The fourth-order valence-electron chi connectivity index (χ4n) is 1.27. The highest BCUT2D eigenvalue weighted by molar-refractivity contribution is 7.98. The molecule has 0 aliphatic rings. The van der Waals surface area contributed by atoms with Crippen LogP contribution in [0.2, 0.25) is 0 Å². The summed E-state index contributed by atoms with van der Waals surface area (Å²) < 4.78 is 0. The first-order chi connectivity index (χ1) is 7.78. The maximum Gasteiger partial charge on any atom is 0.103 e. The Hall–Kier alpha value is -0.450. The standard InChI is InChI=1S/C12H13NS3/c1-9-2-4-10(5-3-9)15-8-12-13-6-11(7-14)16-12/h2-6,14H,7-8H2,1H3. The molecular formula is C12H13NS3. The SMILES string of the molecule is Cc1ccc(SCc2ncc(CS)s2)cc1. The number of thiazole rings is 1. The van der Waals surface area contributed by atoms with Crippen LogP contribution in [0.1, 0.15) is 15.4 Å². The van der Waals surface area contributed by atoms with Crippen molar-refractivity contribution in [2.45, 2.75) is 23.3 Å². The Morgan fingerprint density at radius 2 is 2.06 bits per heavy atom. The zero-order valence-corrected chi connectivity index (χ0v) is 11.5. The van der Waals surface area contributed by atoms with Crippen LogP contribution in [0, 0.1) is 6.92 Å². The molecular weight excluding hydrogens is 254 g/mol. The van der Waals surface area contributed by atoms with Crippen LogP contribution in [0.3, 0.4) is 0 Å². The lowest BCUT2D eigenvalue weighted by Crippen LogP contribution is -1.78. The first kappa shape index (κ1) is 12.0. The summed E-state index contributed by atoms with van der Waals surface area (Å²) in [6.07, 6.45) is 1.92. The topological polar surface area (TPSA) is 12.9 Å². The molecule has 1 aromatic heterocycles. The summed E-state index contributed by atoms with van der Waals surface area (Å²) >= 11 is 7.81. The zero-order valence-electron chi connectivity index (χ0n) is 9.01. The van der Waals surface area contributed by atoms with Gasteiger partial charge < -0.3 is 0 Å². The molecule has 0 aliphatic carbocycles. The number of hydrogen-bond acceptors (Lipinski definition) is 4. The van der Waals surface area contributed by atoms with E-state index in [2.05, 4.69) is 48.8 Å². The molecule has 2 rings (SSSR count). The number of rotatable bonds is 4. The quantitative estimate of drug-likeness (QED) is 0.659. The van der Waals surface area contributed by atoms with Gasteiger partial charge in [-0.3, -0.25) is 0 Å². The first-order valence-corrected chi connectivity index (χ1v) is 7.45. The molecule has 0 amide bonds. The molecule has 16 heavy (non-hydrogen) atoms. The summed E-state index contributed by atoms with van der Waals surface area (Å²) in [5, 5.41) is 1.18. The minimum absolute atomic E-state index is 0.785. The van der Waals surface area contributed by atoms with E-state index in [0.717, 1.165) is 11.5 Å². The summed E-state index contributed by atoms with van der Waals surface area (Å²) in [5.74, 6) is 1.73. The molecule has 0 saturated heterocycles. The summed E-state index contributed by atoms with van der Waals surface area (Å²) in [7, 11) is 0. The lowest BCUT2D eigenvalue weighted by Gasteiger charge is -1.99. The molecule has 1 aromatic carbocycles. The van der Waals surface area contributed by atoms with Crippen molar-refractivity contribution in [3.8, 4) is 0 Å². The van der Waals surface area contributed by atoms with Gasteiger partial charge in [0.25, 0.3) is 0 Å². The van der Waals surface area contributed by atoms with Crippen LogP contribution in [0.15, 0.2) is 35.4 Å². The maximum absolute atomic E-state index is 4.37. The highest BCUT2D eigenvalue weighted by Gasteiger charge is 2.01. The maximum atomic E-state index is 4.37. The largest absolute Gasteiger partial charge is 0.248 e. The smallest absolute Gasteiger partial charge is 0.103 e. The van der Waals surface area contributed by atoms with Crippen LogP contribution in [-0.2, 0) is 11.5 Å². The number of aryl methyl sites for hydroxylation is 1. The summed E-state index contributed by atoms with van der Waals surface area (Å²) in [5.41, 5.74) is 1.30. The fourth-order valence-corrected chi connectivity index (χ4v) is 3.23. The van der Waals surface area contributed by atoms with Crippen molar-refractivity contribution in [2.24, 2.45) is 0 Å². The molecule has 84 valence electrons. The Balaban J connectivity index is 1.94. The van der Waals surface area contributed by atoms with E-state index in [1.165, 1.54) is 20.3 Å². The van der Waals surface area contributed by atoms with Crippen molar-refractivity contribution in [3.05, 3.63) is 45.9 Å². The molecule has 1 heterocycles. The molecule has 2 aromatic rings. The third-order valence-corrected chi connectivity index (χ3v) is 4.90. The second-order valence-electron chi connectivity index (χ2n) is 3.48. The van der Waals surface area contributed by atoms with Gasteiger partial charge in [0.1, 0.15) is 5.01 Å². The van der Waals surface area contributed by atoms with Gasteiger partial charge >= 0.3 is 0 Å². The Morgan fingerprint density at radius 1 is 1.31 bits per heavy atom. The van der Waals surface area contributed by atoms with Crippen molar-refractivity contribution in [1.29, 1.82) is 0 Å². The van der Waals surface area contributed by atoms with Gasteiger partial charge in [-0.25, -0.2) is 4.98 Å². The van der Waals surface area contributed by atoms with Crippen molar-refractivity contribution in [2.75, 3.05) is 0 Å². The molecule has 0 aliphatic heterocycles. The number of thiol groups is 1. The average Bonchev–Trinajstić information content (AvgIpc) is 2.76. The van der Waals surface area contributed by atoms with E-state index in [1.807, 2.05) is 18.0 Å². The number of nitrogens with zero attached hydrogens (tertiary/aromatic N) is 1. The first-order valence-electron chi connectivity index (χ1n) is 5.02. The molecule has 0 fully saturated rings. The van der Waals surface area contributed by atoms with E-state index in [0.29, 0.717) is 0 Å². The van der Waals surface area contributed by atoms with Gasteiger partial charge in [-0.2, -0.15) is 12.6 Å². The van der Waals surface area contributed by atoms with E-state index in [4.69, 9.17) is 0 Å². The number of aromatic nitrogens is 1. The van der Waals surface area contributed by atoms with Gasteiger partial charge in [0.05, 0.1) is 5.75 Å². The summed E-state index contributed by atoms with van der Waals surface area (Å²) in [6.45, 7) is 2.11. The van der Waals surface area contributed by atoms with E-state index < -0.39 is 0 Å². The van der Waals surface area contributed by atoms with Gasteiger partial charge in [0, 0.05) is 21.7 Å². The lowest BCUT2D eigenvalue weighted by atomic mass is 10.2. The van der Waals surface area contributed by atoms with Gasteiger partial charge in [0.2, 0.25) is 0 Å². The molecule has 1 nitrogen and oxygen atoms in total. The Morgan fingerprint density at radius 3 is 2.69 bits per heavy atom. The number of hydrogen-bond donors (Lipinski definition) is 1. The molecule has 0 atom stereocenters. The molecule has 0 spiro atoms. The monoisotopic (exact) mass is 267 g/mol. The molecule has 0 N–H and O–H groups in total. The molecule has 4 heteroatoms. The minimum Gasteiger partial charge on any atom is -0.248 e. The number of thioether (sulfide) groups is 1. The Bertz CT molecular complexity index is 448. The van der Waals surface area contributed by atoms with Crippen LogP contribution in [-0.4, -0.2) is 4.98 Å². The van der Waals surface area contributed by atoms with E-state index >= 15 is 0 Å². The molecule has 0 radical (unpaired) electrons. The molecule has 0 bridgehead atoms. The average molecular weight is 267 g/mol. The lowest BCUT2D eigenvalue weighted by molar-refractivity contribution is 1.25. The van der Waals surface area contributed by atoms with Crippen LogP contribution >= 0.6 is 35.7 Å². The number of benzene rings is 1. The van der Waals surface area contributed by atoms with E-state index in [1.54, 1.807) is 11.3 Å². The second kappa shape index (κ2) is 5.75. The third-order valence-electron chi connectivity index (χ3n) is 2.14. The van der Waals surface area contributed by atoms with E-state index in [9.17, 15) is 0 Å². The minimum atomic E-state index is 0.785. The molecule has 0 unspecified atom stereocenters. The summed E-state index contributed by atoms with van der Waals surface area (Å²) in [6, 6.07) is 8.60. The third kappa shape index (κ3) is 3.27.